The summed E-state index contributed by atoms with van der Waals surface area (Å²) in [5, 5.41) is 17.3. The number of carboxylic acid groups (broad SMARTS) is 1. The first kappa shape index (κ1) is 10.4. The van der Waals surface area contributed by atoms with Gasteiger partial charge < -0.3 is 15.0 Å². The van der Waals surface area contributed by atoms with Crippen LogP contribution in [0.4, 0.5) is 0 Å². The van der Waals surface area contributed by atoms with Crippen LogP contribution in [-0.2, 0) is 4.79 Å². The predicted octanol–water partition coefficient (Wildman–Crippen LogP) is -4.88. The molecule has 1 N–H and O–H groups in total. The van der Waals surface area contributed by atoms with Gasteiger partial charge in [0.05, 0.1) is 12.1 Å². The first-order chi connectivity index (χ1) is 2.64. The maximum absolute atomic E-state index is 9.34. The summed E-state index contributed by atoms with van der Waals surface area (Å²) in [6.07, 6.45) is -1.34. The summed E-state index contributed by atoms with van der Waals surface area (Å²) in [7, 11) is 0. The van der Waals surface area contributed by atoms with Crippen LogP contribution in [0.5, 0.6) is 0 Å². The molecule has 3 nitrogen and oxygen atoms in total. The molecule has 0 fully saturated rings. The number of hydrogen-bond acceptors (Lipinski definition) is 3. The molecule has 36 valence electrons. The van der Waals surface area contributed by atoms with E-state index in [2.05, 4.69) is 0 Å². The molecule has 1 atom stereocenters. The Morgan fingerprint density at radius 3 is 2.00 bits per heavy atom. The van der Waals surface area contributed by atoms with E-state index < -0.39 is 12.1 Å². The van der Waals surface area contributed by atoms with Crippen LogP contribution in [0.25, 0.3) is 0 Å². The Balaban J connectivity index is 0. The third-order valence-corrected chi connectivity index (χ3v) is 0.341. The van der Waals surface area contributed by atoms with Crippen LogP contribution in [0.1, 0.15) is 6.92 Å². The van der Waals surface area contributed by atoms with Crippen LogP contribution >= 0.6 is 0 Å². The molecule has 0 saturated heterocycles. The van der Waals surface area contributed by atoms with Crippen LogP contribution in [0.2, 0.25) is 0 Å². The van der Waals surface area contributed by atoms with Crippen molar-refractivity contribution in [1.29, 1.82) is 0 Å². The molecule has 0 heterocycles. The molecular formula is C3H5NaO3. The number of hydrogen-bond donors (Lipinski definition) is 1. The van der Waals surface area contributed by atoms with Gasteiger partial charge in [-0.15, -0.1) is 0 Å². The van der Waals surface area contributed by atoms with Crippen LogP contribution in [0.3, 0.4) is 0 Å². The summed E-state index contributed by atoms with van der Waals surface area (Å²) in [6, 6.07) is 0. The molecule has 0 aliphatic heterocycles. The maximum atomic E-state index is 9.34. The minimum Gasteiger partial charge on any atom is -0.547 e. The van der Waals surface area contributed by atoms with E-state index in [1.807, 2.05) is 0 Å². The fourth-order valence-corrected chi connectivity index (χ4v) is 0. The number of carbonyl (C=O) groups is 1. The molecule has 0 spiro atoms. The van der Waals surface area contributed by atoms with Gasteiger partial charge in [0.15, 0.2) is 0 Å². The molecule has 0 bridgehead atoms. The van der Waals surface area contributed by atoms with Crippen molar-refractivity contribution < 1.29 is 44.6 Å². The van der Waals surface area contributed by atoms with E-state index in [4.69, 9.17) is 5.11 Å². The van der Waals surface area contributed by atoms with Gasteiger partial charge in [0.1, 0.15) is 0 Å². The van der Waals surface area contributed by atoms with E-state index in [-0.39, 0.29) is 29.6 Å². The standard InChI is InChI=1S/C3H6O3.Na/c1-2(4)3(5)6;/h2,4H,1H3,(H,5,6);/q;+1/p-1/i3+1;. The van der Waals surface area contributed by atoms with Gasteiger partial charge in [0.25, 0.3) is 0 Å². The largest absolute Gasteiger partial charge is 1.00 e. The van der Waals surface area contributed by atoms with Gasteiger partial charge in [-0.1, -0.05) is 0 Å². The van der Waals surface area contributed by atoms with Gasteiger partial charge in [0, 0.05) is 0 Å². The van der Waals surface area contributed by atoms with Crippen molar-refractivity contribution >= 4 is 5.97 Å². The minimum atomic E-state index is -1.44. The summed E-state index contributed by atoms with van der Waals surface area (Å²) in [5.74, 6) is -1.44. The number of rotatable bonds is 1. The van der Waals surface area contributed by atoms with Crippen LogP contribution in [0, 0.1) is 0 Å². The predicted molar refractivity (Wildman–Crippen MR) is 16.7 cm³/mol. The molecule has 0 saturated carbocycles. The van der Waals surface area contributed by atoms with Gasteiger partial charge in [-0.2, -0.15) is 0 Å². The van der Waals surface area contributed by atoms with Gasteiger partial charge >= 0.3 is 29.6 Å². The van der Waals surface area contributed by atoms with E-state index in [0.717, 1.165) is 6.92 Å². The molecule has 1 unspecified atom stereocenters. The first-order valence-electron chi connectivity index (χ1n) is 1.53. The van der Waals surface area contributed by atoms with Crippen molar-refractivity contribution in [1.82, 2.24) is 0 Å². The molecule has 0 aromatic heterocycles. The van der Waals surface area contributed by atoms with E-state index in [1.54, 1.807) is 0 Å². The van der Waals surface area contributed by atoms with Gasteiger partial charge in [0.2, 0.25) is 0 Å². The number of aliphatic hydroxyl groups is 1. The smallest absolute Gasteiger partial charge is 0.547 e. The van der Waals surface area contributed by atoms with Gasteiger partial charge in [-0.25, -0.2) is 0 Å². The second-order valence-corrected chi connectivity index (χ2v) is 0.995. The molecule has 4 heteroatoms. The number of carbonyl (C=O) groups excluding carboxylic acids is 1. The summed E-state index contributed by atoms with van der Waals surface area (Å²) in [4.78, 5) is 9.34. The molecule has 0 radical (unpaired) electrons. The fourth-order valence-electron chi connectivity index (χ4n) is 0. The Morgan fingerprint density at radius 1 is 1.86 bits per heavy atom. The summed E-state index contributed by atoms with van der Waals surface area (Å²) in [6.45, 7) is 1.13. The molecule has 0 aromatic carbocycles. The quantitative estimate of drug-likeness (QED) is 0.274. The van der Waals surface area contributed by atoms with Crippen molar-refractivity contribution in [3.63, 3.8) is 0 Å². The van der Waals surface area contributed by atoms with Gasteiger partial charge in [-0.3, -0.25) is 0 Å². The number of aliphatic hydroxyl groups excluding tert-OH is 1. The van der Waals surface area contributed by atoms with E-state index >= 15 is 0 Å². The minimum absolute atomic E-state index is 0. The number of carboxylic acids is 1. The fraction of sp³-hybridized carbons (Fsp3) is 0.667. The van der Waals surface area contributed by atoms with Crippen LogP contribution in [-0.4, -0.2) is 17.2 Å². The Bertz CT molecular complexity index is 61.2. The topological polar surface area (TPSA) is 60.4 Å². The Morgan fingerprint density at radius 2 is 2.00 bits per heavy atom. The van der Waals surface area contributed by atoms with Crippen molar-refractivity contribution in [2.45, 2.75) is 13.0 Å². The SMILES string of the molecule is CC(O)[13C](=O)[O-].[Na+]. The van der Waals surface area contributed by atoms with E-state index in [1.165, 1.54) is 0 Å². The monoisotopic (exact) mass is 113 g/mol. The Hall–Kier alpha value is 0.430. The molecule has 0 aliphatic rings. The van der Waals surface area contributed by atoms with Gasteiger partial charge in [-0.05, 0) is 6.92 Å². The zero-order chi connectivity index (χ0) is 5.15. The summed E-state index contributed by atoms with van der Waals surface area (Å²) in [5.41, 5.74) is 0. The molecule has 0 rings (SSSR count). The van der Waals surface area contributed by atoms with Crippen molar-refractivity contribution in [3.8, 4) is 0 Å². The molecular weight excluding hydrogens is 108 g/mol. The molecule has 0 aromatic rings. The maximum Gasteiger partial charge on any atom is 1.00 e. The third kappa shape index (κ3) is 6.43. The molecule has 0 aliphatic carbocycles. The second-order valence-electron chi connectivity index (χ2n) is 0.995. The third-order valence-electron chi connectivity index (χ3n) is 0.341. The average Bonchev–Trinajstić information content (AvgIpc) is 1.36. The van der Waals surface area contributed by atoms with E-state index in [9.17, 15) is 9.90 Å². The Labute approximate surface area is 63.6 Å². The molecule has 7 heavy (non-hydrogen) atoms. The molecule has 0 amide bonds. The average molecular weight is 113 g/mol. The normalized spacial score (nSPS) is 11.7. The summed E-state index contributed by atoms with van der Waals surface area (Å²) < 4.78 is 0. The van der Waals surface area contributed by atoms with Crippen LogP contribution < -0.4 is 34.7 Å². The number of aliphatic carboxylic acids is 1. The van der Waals surface area contributed by atoms with Crippen molar-refractivity contribution in [2.75, 3.05) is 0 Å². The first-order valence-corrected chi connectivity index (χ1v) is 1.53. The Kier molecular flexibility index (Phi) is 6.82. The van der Waals surface area contributed by atoms with Crippen LogP contribution in [0.15, 0.2) is 0 Å². The van der Waals surface area contributed by atoms with Crippen molar-refractivity contribution in [3.05, 3.63) is 0 Å². The van der Waals surface area contributed by atoms with Crippen molar-refractivity contribution in [2.24, 2.45) is 0 Å². The zero-order valence-corrected chi connectivity index (χ0v) is 6.34. The van der Waals surface area contributed by atoms with E-state index in [0.29, 0.717) is 0 Å². The second kappa shape index (κ2) is 4.59. The zero-order valence-electron chi connectivity index (χ0n) is 4.34. The summed E-state index contributed by atoms with van der Waals surface area (Å²) >= 11 is 0.